The van der Waals surface area contributed by atoms with Gasteiger partial charge in [-0.3, -0.25) is 9.69 Å². The summed E-state index contributed by atoms with van der Waals surface area (Å²) < 4.78 is 5.74. The van der Waals surface area contributed by atoms with Crippen LogP contribution in [0.3, 0.4) is 0 Å². The summed E-state index contributed by atoms with van der Waals surface area (Å²) in [6.07, 6.45) is 6.17. The third-order valence-electron chi connectivity index (χ3n) is 8.02. The molecule has 5 nitrogen and oxygen atoms in total. The van der Waals surface area contributed by atoms with Crippen LogP contribution in [0.25, 0.3) is 0 Å². The number of allylic oxidation sites excluding steroid dienone is 1. The fourth-order valence-corrected chi connectivity index (χ4v) is 6.72. The summed E-state index contributed by atoms with van der Waals surface area (Å²) in [5.74, 6) is 1.49. The maximum absolute atomic E-state index is 13.1. The Labute approximate surface area is 168 Å². The van der Waals surface area contributed by atoms with Crippen LogP contribution in [0, 0.1) is 28.6 Å². The molecule has 0 aromatic rings. The lowest BCUT2D eigenvalue weighted by Crippen LogP contribution is -2.59. The second-order valence-electron chi connectivity index (χ2n) is 11.2. The van der Waals surface area contributed by atoms with E-state index < -0.39 is 11.7 Å². The first-order valence-corrected chi connectivity index (χ1v) is 10.9. The van der Waals surface area contributed by atoms with Crippen molar-refractivity contribution >= 4 is 11.9 Å². The van der Waals surface area contributed by atoms with E-state index in [1.807, 2.05) is 26.8 Å². The molecule has 0 unspecified atom stereocenters. The first-order chi connectivity index (χ1) is 12.9. The van der Waals surface area contributed by atoms with E-state index in [2.05, 4.69) is 13.8 Å². The molecule has 0 bridgehead atoms. The zero-order valence-electron chi connectivity index (χ0n) is 18.0. The molecule has 3 aliphatic carbocycles. The van der Waals surface area contributed by atoms with Crippen LogP contribution in [0.5, 0.6) is 0 Å². The summed E-state index contributed by atoms with van der Waals surface area (Å²) >= 11 is 0. The predicted octanol–water partition coefficient (Wildman–Crippen LogP) is 4.29. The van der Waals surface area contributed by atoms with E-state index in [0.29, 0.717) is 42.9 Å². The summed E-state index contributed by atoms with van der Waals surface area (Å²) in [7, 11) is 0. The van der Waals surface area contributed by atoms with Gasteiger partial charge >= 0.3 is 6.09 Å². The van der Waals surface area contributed by atoms with Crippen molar-refractivity contribution in [3.8, 4) is 0 Å². The largest absolute Gasteiger partial charge is 0.443 e. The molecule has 1 N–H and O–H groups in total. The molecular weight excluding hydrogens is 354 g/mol. The lowest BCUT2D eigenvalue weighted by atomic mass is 9.50. The summed E-state index contributed by atoms with van der Waals surface area (Å²) in [6.45, 7) is 10.8. The van der Waals surface area contributed by atoms with Crippen molar-refractivity contribution in [1.82, 2.24) is 4.90 Å². The number of nitrogens with zero attached hydrogens (tertiary/aromatic N) is 1. The van der Waals surface area contributed by atoms with Crippen molar-refractivity contribution in [3.63, 3.8) is 0 Å². The molecule has 1 aliphatic heterocycles. The Balaban J connectivity index is 1.73. The molecule has 1 amide bonds. The number of ketones is 1. The average molecular weight is 390 g/mol. The minimum absolute atomic E-state index is 0.0730. The zero-order chi connectivity index (χ0) is 20.5. The van der Waals surface area contributed by atoms with E-state index in [-0.39, 0.29) is 16.9 Å². The van der Waals surface area contributed by atoms with Gasteiger partial charge in [-0.05, 0) is 75.7 Å². The van der Waals surface area contributed by atoms with Crippen LogP contribution < -0.4 is 0 Å². The molecule has 4 rings (SSSR count). The average Bonchev–Trinajstić information content (AvgIpc) is 2.87. The summed E-state index contributed by atoms with van der Waals surface area (Å²) in [6, 6.07) is 0. The highest BCUT2D eigenvalue weighted by atomic mass is 16.6. The summed E-state index contributed by atoms with van der Waals surface area (Å²) in [5, 5.41) is 10.3. The van der Waals surface area contributed by atoms with Gasteiger partial charge in [0.1, 0.15) is 11.4 Å². The number of ether oxygens (including phenoxy) is 1. The van der Waals surface area contributed by atoms with Gasteiger partial charge in [0.05, 0.1) is 6.10 Å². The number of hydrogen-bond acceptors (Lipinski definition) is 4. The lowest BCUT2D eigenvalue weighted by molar-refractivity contribution is -0.118. The van der Waals surface area contributed by atoms with E-state index >= 15 is 0 Å². The SMILES string of the molecule is CC(C)(C)OC(=O)N1C[C@H]2[C@@H]3CC(=O)C[C@@]3(C)CC[C@@H]2[C@@]2(C)CC[C@H](O)C=C12. The number of carbonyl (C=O) groups is 2. The van der Waals surface area contributed by atoms with Crippen molar-refractivity contribution in [2.75, 3.05) is 6.54 Å². The number of fused-ring (bicyclic) bond motifs is 5. The second kappa shape index (κ2) is 6.32. The molecule has 2 saturated carbocycles. The van der Waals surface area contributed by atoms with E-state index in [1.165, 1.54) is 0 Å². The van der Waals surface area contributed by atoms with Crippen LogP contribution in [0.4, 0.5) is 4.79 Å². The first kappa shape index (κ1) is 19.9. The van der Waals surface area contributed by atoms with E-state index in [9.17, 15) is 14.7 Å². The van der Waals surface area contributed by atoms with Crippen LogP contribution in [-0.2, 0) is 9.53 Å². The fourth-order valence-electron chi connectivity index (χ4n) is 6.72. The molecule has 0 radical (unpaired) electrons. The van der Waals surface area contributed by atoms with Gasteiger partial charge in [0.2, 0.25) is 0 Å². The predicted molar refractivity (Wildman–Crippen MR) is 106 cm³/mol. The number of aliphatic hydroxyl groups excluding tert-OH is 1. The van der Waals surface area contributed by atoms with Crippen LogP contribution in [-0.4, -0.2) is 40.1 Å². The first-order valence-electron chi connectivity index (χ1n) is 10.9. The van der Waals surface area contributed by atoms with Crippen LogP contribution in [0.15, 0.2) is 11.8 Å². The van der Waals surface area contributed by atoms with Gasteiger partial charge in [-0.2, -0.15) is 0 Å². The van der Waals surface area contributed by atoms with Crippen LogP contribution in [0.2, 0.25) is 0 Å². The van der Waals surface area contributed by atoms with Gasteiger partial charge in [-0.25, -0.2) is 4.79 Å². The summed E-state index contributed by atoms with van der Waals surface area (Å²) in [4.78, 5) is 27.3. The maximum atomic E-state index is 13.1. The number of rotatable bonds is 0. The highest BCUT2D eigenvalue weighted by molar-refractivity contribution is 5.82. The van der Waals surface area contributed by atoms with Gasteiger partial charge in [-0.15, -0.1) is 0 Å². The standard InChI is InChI=1S/C23H35NO4/c1-21(2,3)28-20(27)24-13-16-17(23(5)9-6-14(25)11-19(23)24)7-8-22(4)12-15(26)10-18(16)22/h11,14,16-18,25H,6-10,12-13H2,1-5H3/t14-,16+,17-,18-,22+,23+/m0/s1. The van der Waals surface area contributed by atoms with Crippen molar-refractivity contribution in [2.24, 2.45) is 28.6 Å². The molecule has 0 aromatic carbocycles. The fraction of sp³-hybridized carbons (Fsp3) is 0.826. The smallest absolute Gasteiger partial charge is 0.414 e. The lowest BCUT2D eigenvalue weighted by Gasteiger charge is -2.59. The molecule has 156 valence electrons. The normalized spacial score (nSPS) is 43.0. The molecule has 0 spiro atoms. The van der Waals surface area contributed by atoms with Gasteiger partial charge in [0.15, 0.2) is 0 Å². The van der Waals surface area contributed by atoms with Crippen LogP contribution in [0.1, 0.15) is 73.1 Å². The topological polar surface area (TPSA) is 66.8 Å². The quantitative estimate of drug-likeness (QED) is 0.671. The Bertz CT molecular complexity index is 723. The van der Waals surface area contributed by atoms with E-state index in [1.54, 1.807) is 4.90 Å². The van der Waals surface area contributed by atoms with Gasteiger partial charge in [0.25, 0.3) is 0 Å². The molecule has 1 saturated heterocycles. The van der Waals surface area contributed by atoms with Crippen molar-refractivity contribution in [1.29, 1.82) is 0 Å². The van der Waals surface area contributed by atoms with Crippen molar-refractivity contribution in [2.45, 2.75) is 84.8 Å². The molecule has 5 heteroatoms. The van der Waals surface area contributed by atoms with Crippen molar-refractivity contribution in [3.05, 3.63) is 11.8 Å². The molecule has 6 atom stereocenters. The number of aliphatic hydroxyl groups is 1. The van der Waals surface area contributed by atoms with E-state index in [4.69, 9.17) is 4.74 Å². The highest BCUT2D eigenvalue weighted by Gasteiger charge is 2.60. The molecule has 1 heterocycles. The van der Waals surface area contributed by atoms with Crippen LogP contribution >= 0.6 is 0 Å². The third-order valence-corrected chi connectivity index (χ3v) is 8.02. The Morgan fingerprint density at radius 1 is 1.21 bits per heavy atom. The molecule has 0 aromatic heterocycles. The Morgan fingerprint density at radius 3 is 2.61 bits per heavy atom. The van der Waals surface area contributed by atoms with Gasteiger partial charge in [0, 0.05) is 30.5 Å². The Kier molecular flexibility index (Phi) is 4.50. The molecule has 28 heavy (non-hydrogen) atoms. The van der Waals surface area contributed by atoms with E-state index in [0.717, 1.165) is 31.4 Å². The number of amides is 1. The minimum atomic E-state index is -0.567. The zero-order valence-corrected chi connectivity index (χ0v) is 18.0. The maximum Gasteiger partial charge on any atom is 0.414 e. The third kappa shape index (κ3) is 3.10. The Hall–Kier alpha value is -1.36. The number of Topliss-reactive ketones (excluding diaryl/α,β-unsaturated/α-hetero) is 1. The van der Waals surface area contributed by atoms with Crippen molar-refractivity contribution < 1.29 is 19.4 Å². The Morgan fingerprint density at radius 2 is 1.93 bits per heavy atom. The number of likely N-dealkylation sites (tertiary alicyclic amines) is 1. The van der Waals surface area contributed by atoms with Gasteiger partial charge < -0.3 is 9.84 Å². The summed E-state index contributed by atoms with van der Waals surface area (Å²) in [5.41, 5.74) is 0.299. The highest BCUT2D eigenvalue weighted by Crippen LogP contribution is 2.63. The minimum Gasteiger partial charge on any atom is -0.443 e. The number of piperidine rings is 1. The molecule has 3 fully saturated rings. The monoisotopic (exact) mass is 389 g/mol. The second-order valence-corrected chi connectivity index (χ2v) is 11.2. The number of hydrogen-bond donors (Lipinski definition) is 1. The number of carbonyl (C=O) groups excluding carboxylic acids is 2. The molecular formula is C23H35NO4. The molecule has 4 aliphatic rings. The van der Waals surface area contributed by atoms with Gasteiger partial charge in [-0.1, -0.05) is 13.8 Å².